The first-order valence-electron chi connectivity index (χ1n) is 7.77. The molecule has 3 rings (SSSR count). The Hall–Kier alpha value is -0.0800. The molecule has 1 aromatic heterocycles. The second-order valence-corrected chi connectivity index (χ2v) is 7.56. The molecule has 2 fully saturated rings. The number of carbonyl (C=O) groups excluding carboxylic acids is 1. The molecule has 3 heterocycles. The molecule has 9 heteroatoms. The highest BCUT2D eigenvalue weighted by molar-refractivity contribution is 7.16. The van der Waals surface area contributed by atoms with Crippen LogP contribution in [-0.2, 0) is 16.1 Å². The van der Waals surface area contributed by atoms with Gasteiger partial charge in [-0.2, -0.15) is 0 Å². The number of morpholine rings is 1. The van der Waals surface area contributed by atoms with E-state index in [4.69, 9.17) is 16.3 Å². The van der Waals surface area contributed by atoms with Gasteiger partial charge < -0.3 is 15.0 Å². The van der Waals surface area contributed by atoms with Gasteiger partial charge in [0.2, 0.25) is 5.91 Å². The fraction of sp³-hybridized carbons (Fsp3) is 0.667. The van der Waals surface area contributed by atoms with Crippen LogP contribution in [0.2, 0.25) is 4.34 Å². The fourth-order valence-corrected chi connectivity index (χ4v) is 4.02. The minimum atomic E-state index is 0. The van der Waals surface area contributed by atoms with Crippen LogP contribution in [0.1, 0.15) is 11.3 Å². The number of piperazine rings is 1. The van der Waals surface area contributed by atoms with Gasteiger partial charge in [-0.25, -0.2) is 0 Å². The quantitative estimate of drug-likeness (QED) is 0.818. The second-order valence-electron chi connectivity index (χ2n) is 5.76. The lowest BCUT2D eigenvalue weighted by molar-refractivity contribution is -0.136. The molecule has 24 heavy (non-hydrogen) atoms. The van der Waals surface area contributed by atoms with Crippen LogP contribution in [0.3, 0.4) is 0 Å². The second kappa shape index (κ2) is 10.8. The summed E-state index contributed by atoms with van der Waals surface area (Å²) < 4.78 is 6.45. The third-order valence-corrected chi connectivity index (χ3v) is 5.36. The predicted octanol–water partition coefficient (Wildman–Crippen LogP) is 2.27. The van der Waals surface area contributed by atoms with Crippen molar-refractivity contribution in [1.29, 1.82) is 0 Å². The number of amides is 1. The summed E-state index contributed by atoms with van der Waals surface area (Å²) in [6.45, 7) is 6.75. The summed E-state index contributed by atoms with van der Waals surface area (Å²) in [6, 6.07) is 4.03. The molecule has 1 amide bonds. The first-order valence-corrected chi connectivity index (χ1v) is 8.97. The molecule has 0 aliphatic carbocycles. The lowest BCUT2D eigenvalue weighted by atomic mass is 10.2. The van der Waals surface area contributed by atoms with Gasteiger partial charge in [0.05, 0.1) is 23.5 Å². The first-order chi connectivity index (χ1) is 10.7. The van der Waals surface area contributed by atoms with E-state index in [2.05, 4.69) is 16.3 Å². The van der Waals surface area contributed by atoms with Crippen LogP contribution >= 0.6 is 47.8 Å². The number of rotatable bonds is 4. The van der Waals surface area contributed by atoms with Crippen molar-refractivity contribution in [1.82, 2.24) is 15.1 Å². The minimum Gasteiger partial charge on any atom is -0.375 e. The topological polar surface area (TPSA) is 44.8 Å². The number of hydrogen-bond acceptors (Lipinski definition) is 5. The zero-order valence-corrected chi connectivity index (χ0v) is 16.6. The molecular formula is C15H24Cl3N3O2S. The van der Waals surface area contributed by atoms with Gasteiger partial charge in [0.1, 0.15) is 0 Å². The molecule has 0 spiro atoms. The van der Waals surface area contributed by atoms with Gasteiger partial charge in [0, 0.05) is 50.7 Å². The Labute approximate surface area is 164 Å². The molecule has 0 aromatic carbocycles. The molecule has 2 aliphatic rings. The zero-order valence-electron chi connectivity index (χ0n) is 13.4. The molecule has 2 aliphatic heterocycles. The van der Waals surface area contributed by atoms with Crippen molar-refractivity contribution in [2.75, 3.05) is 45.9 Å². The summed E-state index contributed by atoms with van der Waals surface area (Å²) >= 11 is 7.60. The highest BCUT2D eigenvalue weighted by atomic mass is 35.5. The lowest BCUT2D eigenvalue weighted by Crippen LogP contribution is -2.50. The summed E-state index contributed by atoms with van der Waals surface area (Å²) in [5.74, 6) is 0.215. The molecule has 1 aromatic rings. The SMILES string of the molecule is Cl.Cl.O=C(CC1CNCCO1)N1CCN(Cc2ccc(Cl)s2)CC1. The number of halogens is 3. The minimum absolute atomic E-state index is 0. The number of ether oxygens (including phenoxy) is 1. The normalized spacial score (nSPS) is 21.7. The largest absolute Gasteiger partial charge is 0.375 e. The number of nitrogens with one attached hydrogen (secondary N) is 1. The third-order valence-electron chi connectivity index (χ3n) is 4.14. The highest BCUT2D eigenvalue weighted by Crippen LogP contribution is 2.23. The fourth-order valence-electron chi connectivity index (χ4n) is 2.89. The highest BCUT2D eigenvalue weighted by Gasteiger charge is 2.25. The van der Waals surface area contributed by atoms with Crippen molar-refractivity contribution in [2.45, 2.75) is 19.1 Å². The Morgan fingerprint density at radius 3 is 2.62 bits per heavy atom. The summed E-state index contributed by atoms with van der Waals surface area (Å²) in [4.78, 5) is 18.0. The summed E-state index contributed by atoms with van der Waals surface area (Å²) in [7, 11) is 0. The van der Waals surface area contributed by atoms with Crippen LogP contribution in [-0.4, -0.2) is 67.7 Å². The maximum Gasteiger partial charge on any atom is 0.225 e. The average Bonchev–Trinajstić information content (AvgIpc) is 2.94. The third kappa shape index (κ3) is 6.33. The predicted molar refractivity (Wildman–Crippen MR) is 103 cm³/mol. The van der Waals surface area contributed by atoms with Crippen molar-refractivity contribution in [3.63, 3.8) is 0 Å². The molecule has 1 atom stereocenters. The van der Waals surface area contributed by atoms with Gasteiger partial charge in [-0.15, -0.1) is 36.2 Å². The van der Waals surface area contributed by atoms with Crippen LogP contribution in [0.5, 0.6) is 0 Å². The molecule has 1 N–H and O–H groups in total. The Bertz CT molecular complexity index is 504. The van der Waals surface area contributed by atoms with Gasteiger partial charge >= 0.3 is 0 Å². The molecule has 5 nitrogen and oxygen atoms in total. The standard InChI is InChI=1S/C15H22ClN3O2S.2ClH/c16-14-2-1-13(22-14)11-18-4-6-19(7-5-18)15(20)9-12-10-17-3-8-21-12;;/h1-2,12,17H,3-11H2;2*1H. The Balaban J connectivity index is 0.00000144. The molecule has 0 radical (unpaired) electrons. The zero-order chi connectivity index (χ0) is 15.4. The Kier molecular flexibility index (Phi) is 9.89. The van der Waals surface area contributed by atoms with Crippen molar-refractivity contribution >= 4 is 53.7 Å². The molecule has 2 saturated heterocycles. The maximum atomic E-state index is 12.3. The van der Waals surface area contributed by atoms with E-state index in [1.807, 2.05) is 11.0 Å². The van der Waals surface area contributed by atoms with Crippen LogP contribution in [0.15, 0.2) is 12.1 Å². The Morgan fingerprint density at radius 1 is 1.29 bits per heavy atom. The van der Waals surface area contributed by atoms with E-state index in [9.17, 15) is 4.79 Å². The van der Waals surface area contributed by atoms with E-state index in [-0.39, 0.29) is 36.8 Å². The van der Waals surface area contributed by atoms with Crippen LogP contribution in [0, 0.1) is 0 Å². The van der Waals surface area contributed by atoms with Gasteiger partial charge in [-0.3, -0.25) is 9.69 Å². The summed E-state index contributed by atoms with van der Waals surface area (Å²) in [5.41, 5.74) is 0. The van der Waals surface area contributed by atoms with Crippen LogP contribution in [0.4, 0.5) is 0 Å². The van der Waals surface area contributed by atoms with Gasteiger partial charge in [-0.1, -0.05) is 11.6 Å². The van der Waals surface area contributed by atoms with Crippen LogP contribution < -0.4 is 5.32 Å². The summed E-state index contributed by atoms with van der Waals surface area (Å²) in [6.07, 6.45) is 0.528. The van der Waals surface area contributed by atoms with Gasteiger partial charge in [0.15, 0.2) is 0 Å². The lowest BCUT2D eigenvalue weighted by Gasteiger charge is -2.35. The first kappa shape index (κ1) is 22.0. The monoisotopic (exact) mass is 415 g/mol. The van der Waals surface area contributed by atoms with Crippen molar-refractivity contribution in [2.24, 2.45) is 0 Å². The van der Waals surface area contributed by atoms with Gasteiger partial charge in [0.25, 0.3) is 0 Å². The van der Waals surface area contributed by atoms with E-state index in [1.165, 1.54) is 4.88 Å². The van der Waals surface area contributed by atoms with Crippen molar-refractivity contribution in [3.8, 4) is 0 Å². The Morgan fingerprint density at radius 2 is 2.04 bits per heavy atom. The van der Waals surface area contributed by atoms with E-state index in [0.717, 1.165) is 50.1 Å². The smallest absolute Gasteiger partial charge is 0.225 e. The molecule has 1 unspecified atom stereocenters. The summed E-state index contributed by atoms with van der Waals surface area (Å²) in [5, 5.41) is 3.27. The van der Waals surface area contributed by atoms with Gasteiger partial charge in [-0.05, 0) is 12.1 Å². The van der Waals surface area contributed by atoms with E-state index < -0.39 is 0 Å². The maximum absolute atomic E-state index is 12.3. The van der Waals surface area contributed by atoms with Crippen LogP contribution in [0.25, 0.3) is 0 Å². The van der Waals surface area contributed by atoms with E-state index in [0.29, 0.717) is 13.0 Å². The van der Waals surface area contributed by atoms with E-state index >= 15 is 0 Å². The molecule has 138 valence electrons. The van der Waals surface area contributed by atoms with E-state index in [1.54, 1.807) is 11.3 Å². The molecule has 0 bridgehead atoms. The number of nitrogens with zero attached hydrogens (tertiary/aromatic N) is 2. The molecular weight excluding hydrogens is 393 g/mol. The van der Waals surface area contributed by atoms with Crippen molar-refractivity contribution < 1.29 is 9.53 Å². The number of thiophene rings is 1. The molecule has 0 saturated carbocycles. The average molecular weight is 417 g/mol. The number of carbonyl (C=O) groups is 1. The van der Waals surface area contributed by atoms with Crippen molar-refractivity contribution in [3.05, 3.63) is 21.3 Å². The number of hydrogen-bond donors (Lipinski definition) is 1.